The highest BCUT2D eigenvalue weighted by atomic mass is 16.7. The van der Waals surface area contributed by atoms with Gasteiger partial charge >= 0.3 is 0 Å². The number of rotatable bonds is 40. The Morgan fingerprint density at radius 1 is 0.400 bits per heavy atom. The predicted molar refractivity (Wildman–Crippen MR) is 199 cm³/mol. The number of unbranched alkanes of at least 4 members (excludes halogenated alkanes) is 30. The van der Waals surface area contributed by atoms with Crippen LogP contribution in [0.3, 0.4) is 0 Å². The summed E-state index contributed by atoms with van der Waals surface area (Å²) in [5.74, 6) is 0. The zero-order valence-electron chi connectivity index (χ0n) is 31.5. The maximum absolute atomic E-state index is 9.29. The van der Waals surface area contributed by atoms with Crippen LogP contribution in [0.1, 0.15) is 219 Å². The molecule has 0 aromatic rings. The number of aliphatic hydroxyl groups is 1. The first-order valence-corrected chi connectivity index (χ1v) is 20.8. The van der Waals surface area contributed by atoms with Gasteiger partial charge in [0.1, 0.15) is 0 Å². The van der Waals surface area contributed by atoms with E-state index in [-0.39, 0.29) is 12.9 Å². The molecule has 0 radical (unpaired) electrons. The molecule has 4 nitrogen and oxygen atoms in total. The van der Waals surface area contributed by atoms with Crippen LogP contribution in [0.15, 0.2) is 0 Å². The van der Waals surface area contributed by atoms with Crippen molar-refractivity contribution < 1.29 is 14.6 Å². The summed E-state index contributed by atoms with van der Waals surface area (Å²) < 4.78 is 12.3. The molecule has 0 aromatic heterocycles. The Hall–Kier alpha value is -0.160. The topological polar surface area (TPSA) is 41.9 Å². The van der Waals surface area contributed by atoms with Crippen molar-refractivity contribution in [1.82, 2.24) is 4.90 Å². The van der Waals surface area contributed by atoms with Gasteiger partial charge in [-0.2, -0.15) is 0 Å². The Morgan fingerprint density at radius 3 is 0.889 bits per heavy atom. The van der Waals surface area contributed by atoms with Gasteiger partial charge < -0.3 is 14.6 Å². The van der Waals surface area contributed by atoms with Gasteiger partial charge in [0.25, 0.3) is 0 Å². The number of likely N-dealkylation sites (N-methyl/N-ethyl adjacent to an activating group) is 1. The number of ether oxygens (including phenoxy) is 2. The van der Waals surface area contributed by atoms with Crippen LogP contribution in [0, 0.1) is 0 Å². The van der Waals surface area contributed by atoms with Crippen molar-refractivity contribution in [3.8, 4) is 0 Å². The molecule has 0 heterocycles. The van der Waals surface area contributed by atoms with Crippen LogP contribution in [-0.4, -0.2) is 56.3 Å². The highest BCUT2D eigenvalue weighted by Crippen LogP contribution is 2.16. The standard InChI is InChI=1S/C41H85NO3/c1-4-6-8-10-12-14-16-18-20-22-24-26-28-30-32-34-38-44-41(40-42(3)36-37-43)45-39-35-33-31-29-27-25-23-21-19-17-15-13-11-9-7-5-2/h41,43H,4-40H2,1-3H3. The second kappa shape index (κ2) is 40.0. The molecule has 0 aromatic carbocycles. The lowest BCUT2D eigenvalue weighted by molar-refractivity contribution is -0.153. The maximum atomic E-state index is 9.29. The Kier molecular flexibility index (Phi) is 39.9. The van der Waals surface area contributed by atoms with Crippen LogP contribution in [0.2, 0.25) is 0 Å². The first-order valence-electron chi connectivity index (χ1n) is 20.8. The molecule has 0 spiro atoms. The second-order valence-electron chi connectivity index (χ2n) is 14.3. The van der Waals surface area contributed by atoms with Gasteiger partial charge in [-0.3, -0.25) is 4.90 Å². The van der Waals surface area contributed by atoms with E-state index in [0.717, 1.165) is 32.6 Å². The molecule has 0 aliphatic carbocycles. The first-order chi connectivity index (χ1) is 22.2. The monoisotopic (exact) mass is 640 g/mol. The van der Waals surface area contributed by atoms with E-state index >= 15 is 0 Å². The van der Waals surface area contributed by atoms with Crippen molar-refractivity contribution in [3.63, 3.8) is 0 Å². The normalized spacial score (nSPS) is 11.9. The maximum Gasteiger partial charge on any atom is 0.170 e. The molecule has 1 N–H and O–H groups in total. The van der Waals surface area contributed by atoms with Crippen LogP contribution in [0.4, 0.5) is 0 Å². The second-order valence-corrected chi connectivity index (χ2v) is 14.3. The van der Waals surface area contributed by atoms with Gasteiger partial charge in [-0.05, 0) is 19.9 Å². The number of aliphatic hydroxyl groups excluding tert-OH is 1. The minimum Gasteiger partial charge on any atom is -0.395 e. The predicted octanol–water partition coefficient (Wildman–Crippen LogP) is 12.8. The van der Waals surface area contributed by atoms with E-state index in [1.54, 1.807) is 0 Å². The van der Waals surface area contributed by atoms with E-state index in [4.69, 9.17) is 9.47 Å². The van der Waals surface area contributed by atoms with Crippen LogP contribution in [-0.2, 0) is 9.47 Å². The molecule has 272 valence electrons. The summed E-state index contributed by atoms with van der Waals surface area (Å²) in [5.41, 5.74) is 0. The minimum absolute atomic E-state index is 0.172. The van der Waals surface area contributed by atoms with Crippen molar-refractivity contribution in [2.45, 2.75) is 226 Å². The lowest BCUT2D eigenvalue weighted by Gasteiger charge is -2.24. The molecule has 4 heteroatoms. The Labute approximate surface area is 284 Å². The largest absolute Gasteiger partial charge is 0.395 e. The van der Waals surface area contributed by atoms with E-state index in [1.165, 1.54) is 193 Å². The lowest BCUT2D eigenvalue weighted by Crippen LogP contribution is -2.35. The summed E-state index contributed by atoms with van der Waals surface area (Å²) in [7, 11) is 2.04. The molecule has 0 fully saturated rings. The van der Waals surface area contributed by atoms with Gasteiger partial charge in [-0.1, -0.05) is 206 Å². The van der Waals surface area contributed by atoms with Crippen LogP contribution in [0.25, 0.3) is 0 Å². The first kappa shape index (κ1) is 44.8. The molecular formula is C41H85NO3. The third kappa shape index (κ3) is 38.2. The van der Waals surface area contributed by atoms with E-state index in [0.29, 0.717) is 6.54 Å². The molecule has 0 amide bonds. The SMILES string of the molecule is CCCCCCCCCCCCCCCCCCOC(CN(C)CCO)OCCCCCCCCCCCCCCCCCC. The average molecular weight is 640 g/mol. The van der Waals surface area contributed by atoms with Gasteiger partial charge in [0.2, 0.25) is 0 Å². The molecule has 0 saturated carbocycles. The Morgan fingerprint density at radius 2 is 0.644 bits per heavy atom. The molecular weight excluding hydrogens is 554 g/mol. The van der Waals surface area contributed by atoms with Crippen LogP contribution in [0.5, 0.6) is 0 Å². The van der Waals surface area contributed by atoms with Crippen LogP contribution < -0.4 is 0 Å². The fraction of sp³-hybridized carbons (Fsp3) is 1.00. The highest BCUT2D eigenvalue weighted by molar-refractivity contribution is 4.57. The minimum atomic E-state index is -0.172. The van der Waals surface area contributed by atoms with Crippen molar-refractivity contribution in [3.05, 3.63) is 0 Å². The van der Waals surface area contributed by atoms with Crippen molar-refractivity contribution in [1.29, 1.82) is 0 Å². The van der Waals surface area contributed by atoms with E-state index in [9.17, 15) is 5.11 Å². The van der Waals surface area contributed by atoms with E-state index in [1.807, 2.05) is 7.05 Å². The third-order valence-electron chi connectivity index (χ3n) is 9.55. The molecule has 0 atom stereocenters. The molecule has 0 aliphatic heterocycles. The van der Waals surface area contributed by atoms with E-state index in [2.05, 4.69) is 18.7 Å². The van der Waals surface area contributed by atoms with Crippen molar-refractivity contribution in [2.75, 3.05) is 40.0 Å². The van der Waals surface area contributed by atoms with Gasteiger partial charge in [-0.15, -0.1) is 0 Å². The smallest absolute Gasteiger partial charge is 0.170 e. The van der Waals surface area contributed by atoms with E-state index < -0.39 is 0 Å². The Balaban J connectivity index is 3.62. The van der Waals surface area contributed by atoms with Crippen molar-refractivity contribution in [2.24, 2.45) is 0 Å². The van der Waals surface area contributed by atoms with Crippen LogP contribution >= 0.6 is 0 Å². The molecule has 0 saturated heterocycles. The Bertz CT molecular complexity index is 479. The molecule has 0 bridgehead atoms. The number of hydrogen-bond donors (Lipinski definition) is 1. The van der Waals surface area contributed by atoms with Crippen molar-refractivity contribution >= 4 is 0 Å². The van der Waals surface area contributed by atoms with Gasteiger partial charge in [-0.25, -0.2) is 0 Å². The number of hydrogen-bond acceptors (Lipinski definition) is 4. The molecule has 0 unspecified atom stereocenters. The molecule has 0 rings (SSSR count). The molecule has 45 heavy (non-hydrogen) atoms. The highest BCUT2D eigenvalue weighted by Gasteiger charge is 2.12. The summed E-state index contributed by atoms with van der Waals surface area (Å²) in [6.07, 6.45) is 44.3. The fourth-order valence-corrected chi connectivity index (χ4v) is 6.40. The fourth-order valence-electron chi connectivity index (χ4n) is 6.40. The summed E-state index contributed by atoms with van der Waals surface area (Å²) in [6, 6.07) is 0. The third-order valence-corrected chi connectivity index (χ3v) is 9.55. The van der Waals surface area contributed by atoms with Gasteiger partial charge in [0, 0.05) is 26.3 Å². The summed E-state index contributed by atoms with van der Waals surface area (Å²) >= 11 is 0. The van der Waals surface area contributed by atoms with Gasteiger partial charge in [0.15, 0.2) is 6.29 Å². The summed E-state index contributed by atoms with van der Waals surface area (Å²) in [6.45, 7) is 7.75. The van der Waals surface area contributed by atoms with Gasteiger partial charge in [0.05, 0.1) is 6.61 Å². The quantitative estimate of drug-likeness (QED) is 0.0535. The average Bonchev–Trinajstić information content (AvgIpc) is 3.03. The lowest BCUT2D eigenvalue weighted by atomic mass is 10.0. The summed E-state index contributed by atoms with van der Waals surface area (Å²) in [4.78, 5) is 2.12. The zero-order chi connectivity index (χ0) is 32.7. The zero-order valence-corrected chi connectivity index (χ0v) is 31.5. The number of nitrogens with zero attached hydrogens (tertiary/aromatic N) is 1. The summed E-state index contributed by atoms with van der Waals surface area (Å²) in [5, 5.41) is 9.29. The molecule has 0 aliphatic rings.